The molecule has 0 fully saturated rings. The number of hydrogen-bond acceptors (Lipinski definition) is 4. The van der Waals surface area contributed by atoms with Crippen molar-refractivity contribution in [3.63, 3.8) is 0 Å². The number of anilines is 1. The van der Waals surface area contributed by atoms with Gasteiger partial charge in [0.05, 0.1) is 4.88 Å². The van der Waals surface area contributed by atoms with Crippen LogP contribution in [0.2, 0.25) is 0 Å². The van der Waals surface area contributed by atoms with Crippen LogP contribution in [0.4, 0.5) is 5.69 Å². The molecule has 1 N–H and O–H groups in total. The quantitative estimate of drug-likeness (QED) is 0.312. The monoisotopic (exact) mass is 399 g/mol. The Balaban J connectivity index is 1.45. The van der Waals surface area contributed by atoms with Crippen molar-refractivity contribution >= 4 is 34.8 Å². The number of nitrogens with one attached hydrogen (secondary N) is 1. The summed E-state index contributed by atoms with van der Waals surface area (Å²) >= 11 is 1.37. The summed E-state index contributed by atoms with van der Waals surface area (Å²) in [5.41, 5.74) is 2.04. The number of carbonyl (C=O) groups excluding carboxylic acids is 2. The lowest BCUT2D eigenvalue weighted by Crippen LogP contribution is -2.10. The molecule has 0 aliphatic rings. The van der Waals surface area contributed by atoms with Crippen molar-refractivity contribution in [2.75, 3.05) is 5.32 Å². The smallest absolute Gasteiger partial charge is 0.265 e. The fraction of sp³-hybridized carbons (Fsp3) is 0. The van der Waals surface area contributed by atoms with Crippen LogP contribution in [0.3, 0.4) is 0 Å². The van der Waals surface area contributed by atoms with Gasteiger partial charge in [-0.05, 0) is 47.9 Å². The minimum absolute atomic E-state index is 0.171. The molecule has 4 nitrogen and oxygen atoms in total. The lowest BCUT2D eigenvalue weighted by atomic mass is 10.1. The van der Waals surface area contributed by atoms with E-state index in [1.807, 2.05) is 53.9 Å². The molecule has 0 spiro atoms. The van der Waals surface area contributed by atoms with Crippen molar-refractivity contribution in [3.05, 3.63) is 107 Å². The average molecular weight is 399 g/mol. The number of hydrogen-bond donors (Lipinski definition) is 1. The number of allylic oxidation sites excluding steroid dienone is 1. The number of rotatable bonds is 6. The van der Waals surface area contributed by atoms with Gasteiger partial charge in [0, 0.05) is 16.8 Å². The molecule has 142 valence electrons. The van der Waals surface area contributed by atoms with E-state index in [1.165, 1.54) is 17.4 Å². The topological polar surface area (TPSA) is 59.3 Å². The van der Waals surface area contributed by atoms with Gasteiger partial charge in [0.15, 0.2) is 5.78 Å². The summed E-state index contributed by atoms with van der Waals surface area (Å²) < 4.78 is 5.78. The van der Waals surface area contributed by atoms with Crippen molar-refractivity contribution < 1.29 is 14.0 Å². The highest BCUT2D eigenvalue weighted by Crippen LogP contribution is 2.22. The van der Waals surface area contributed by atoms with Gasteiger partial charge in [-0.25, -0.2) is 0 Å². The van der Waals surface area contributed by atoms with Gasteiger partial charge in [-0.3, -0.25) is 9.59 Å². The van der Waals surface area contributed by atoms with Crippen molar-refractivity contribution in [2.24, 2.45) is 0 Å². The molecule has 0 unspecified atom stereocenters. The summed E-state index contributed by atoms with van der Waals surface area (Å²) in [6, 6.07) is 23.9. The molecule has 0 saturated heterocycles. The Bertz CT molecular complexity index is 1160. The maximum absolute atomic E-state index is 12.5. The predicted molar refractivity (Wildman–Crippen MR) is 116 cm³/mol. The summed E-state index contributed by atoms with van der Waals surface area (Å²) in [5.74, 6) is 0.981. The summed E-state index contributed by atoms with van der Waals surface area (Å²) in [6.07, 6.45) is 3.11. The first-order valence-electron chi connectivity index (χ1n) is 9.02. The van der Waals surface area contributed by atoms with Crippen LogP contribution in [-0.4, -0.2) is 11.7 Å². The molecular weight excluding hydrogens is 382 g/mol. The predicted octanol–water partition coefficient (Wildman–Crippen LogP) is 6.16. The molecule has 0 bridgehead atoms. The van der Waals surface area contributed by atoms with E-state index in [0.29, 0.717) is 21.9 Å². The molecule has 0 aliphatic heterocycles. The largest absolute Gasteiger partial charge is 0.457 e. The first-order valence-corrected chi connectivity index (χ1v) is 9.89. The highest BCUT2D eigenvalue weighted by Gasteiger charge is 2.09. The first-order chi connectivity index (χ1) is 14.2. The van der Waals surface area contributed by atoms with E-state index in [-0.39, 0.29) is 11.7 Å². The summed E-state index contributed by atoms with van der Waals surface area (Å²) in [5, 5.41) is 4.66. The molecule has 0 atom stereocenters. The summed E-state index contributed by atoms with van der Waals surface area (Å²) in [6.45, 7) is 0. The number of carbonyl (C=O) groups is 2. The molecule has 2 aromatic heterocycles. The second-order valence-electron chi connectivity index (χ2n) is 6.28. The fourth-order valence-electron chi connectivity index (χ4n) is 2.80. The van der Waals surface area contributed by atoms with E-state index in [0.717, 1.165) is 11.3 Å². The fourth-order valence-corrected chi connectivity index (χ4v) is 3.42. The van der Waals surface area contributed by atoms with Gasteiger partial charge in [0.2, 0.25) is 0 Å². The van der Waals surface area contributed by atoms with Gasteiger partial charge >= 0.3 is 0 Å². The molecule has 0 saturated carbocycles. The molecule has 4 rings (SSSR count). The van der Waals surface area contributed by atoms with Crippen LogP contribution in [0.5, 0.6) is 0 Å². The number of thiophene rings is 1. The maximum Gasteiger partial charge on any atom is 0.265 e. The summed E-state index contributed by atoms with van der Waals surface area (Å²) in [4.78, 5) is 25.3. The van der Waals surface area contributed by atoms with Crippen LogP contribution in [0, 0.1) is 0 Å². The molecule has 1 amide bonds. The Morgan fingerprint density at radius 3 is 2.55 bits per heavy atom. The standard InChI is InChI=1S/C24H17NO3S/c26-21(13-11-20-12-14-22(28-20)17-6-2-1-3-7-17)18-8-4-9-19(16-18)25-24(27)23-10-5-15-29-23/h1-16H,(H,25,27)/b13-11+. The molecule has 2 aromatic carbocycles. The van der Waals surface area contributed by atoms with Gasteiger partial charge in [-0.2, -0.15) is 0 Å². The van der Waals surface area contributed by atoms with Crippen molar-refractivity contribution in [2.45, 2.75) is 0 Å². The van der Waals surface area contributed by atoms with Gasteiger partial charge in [0.1, 0.15) is 11.5 Å². The van der Waals surface area contributed by atoms with Crippen LogP contribution in [0.1, 0.15) is 25.8 Å². The number of benzene rings is 2. The number of amides is 1. The van der Waals surface area contributed by atoms with E-state index in [2.05, 4.69) is 5.32 Å². The van der Waals surface area contributed by atoms with Crippen molar-refractivity contribution in [1.82, 2.24) is 0 Å². The van der Waals surface area contributed by atoms with Crippen molar-refractivity contribution in [3.8, 4) is 11.3 Å². The van der Waals surface area contributed by atoms with E-state index in [4.69, 9.17) is 4.42 Å². The highest BCUT2D eigenvalue weighted by molar-refractivity contribution is 7.12. The van der Waals surface area contributed by atoms with Crippen molar-refractivity contribution in [1.29, 1.82) is 0 Å². The maximum atomic E-state index is 12.5. The number of ketones is 1. The number of furan rings is 1. The lowest BCUT2D eigenvalue weighted by molar-refractivity contribution is 0.102. The van der Waals surface area contributed by atoms with Gasteiger partial charge in [-0.1, -0.05) is 48.5 Å². The van der Waals surface area contributed by atoms with E-state index >= 15 is 0 Å². The summed E-state index contributed by atoms with van der Waals surface area (Å²) in [7, 11) is 0. The Labute approximate surface area is 172 Å². The van der Waals surface area contributed by atoms with E-state index in [9.17, 15) is 9.59 Å². The normalized spacial score (nSPS) is 10.9. The zero-order valence-electron chi connectivity index (χ0n) is 15.4. The Morgan fingerprint density at radius 1 is 0.897 bits per heavy atom. The van der Waals surface area contributed by atoms with Crippen LogP contribution in [0.25, 0.3) is 17.4 Å². The molecular formula is C24H17NO3S. The third-order valence-electron chi connectivity index (χ3n) is 4.23. The van der Waals surface area contributed by atoms with Crippen LogP contribution in [-0.2, 0) is 0 Å². The first kappa shape index (κ1) is 18.7. The molecule has 4 aromatic rings. The minimum Gasteiger partial charge on any atom is -0.457 e. The average Bonchev–Trinajstić information content (AvgIpc) is 3.45. The zero-order chi connectivity index (χ0) is 20.1. The van der Waals surface area contributed by atoms with E-state index in [1.54, 1.807) is 36.4 Å². The molecule has 5 heteroatoms. The Hall–Kier alpha value is -3.70. The third-order valence-corrected chi connectivity index (χ3v) is 5.10. The molecule has 2 heterocycles. The minimum atomic E-state index is -0.191. The molecule has 29 heavy (non-hydrogen) atoms. The SMILES string of the molecule is O=C(/C=C/c1ccc(-c2ccccc2)o1)c1cccc(NC(=O)c2cccs2)c1. The third kappa shape index (κ3) is 4.59. The van der Waals surface area contributed by atoms with Gasteiger partial charge < -0.3 is 9.73 Å². The second-order valence-corrected chi connectivity index (χ2v) is 7.23. The molecule has 0 radical (unpaired) electrons. The van der Waals surface area contributed by atoms with Crippen LogP contribution < -0.4 is 5.32 Å². The highest BCUT2D eigenvalue weighted by atomic mass is 32.1. The Morgan fingerprint density at radius 2 is 1.76 bits per heavy atom. The van der Waals surface area contributed by atoms with Gasteiger partial charge in [-0.15, -0.1) is 11.3 Å². The zero-order valence-corrected chi connectivity index (χ0v) is 16.2. The van der Waals surface area contributed by atoms with Crippen LogP contribution in [0.15, 0.2) is 94.7 Å². The van der Waals surface area contributed by atoms with Crippen LogP contribution >= 0.6 is 11.3 Å². The molecule has 0 aliphatic carbocycles. The lowest BCUT2D eigenvalue weighted by Gasteiger charge is -2.05. The Kier molecular flexibility index (Phi) is 5.49. The van der Waals surface area contributed by atoms with E-state index < -0.39 is 0 Å². The second kappa shape index (κ2) is 8.54. The van der Waals surface area contributed by atoms with Gasteiger partial charge in [0.25, 0.3) is 5.91 Å².